The topological polar surface area (TPSA) is 32.3 Å². The van der Waals surface area contributed by atoms with Gasteiger partial charge in [0.25, 0.3) is 0 Å². The third-order valence-electron chi connectivity index (χ3n) is 3.46. The van der Waals surface area contributed by atoms with Gasteiger partial charge in [0, 0.05) is 28.8 Å². The number of benzene rings is 1. The van der Waals surface area contributed by atoms with Crippen LogP contribution in [0.15, 0.2) is 18.2 Å². The van der Waals surface area contributed by atoms with Gasteiger partial charge in [0.1, 0.15) is 0 Å². The van der Waals surface area contributed by atoms with Crippen molar-refractivity contribution in [2.24, 2.45) is 11.8 Å². The normalized spacial score (nSPS) is 23.6. The van der Waals surface area contributed by atoms with Crippen molar-refractivity contribution < 1.29 is 4.79 Å². The van der Waals surface area contributed by atoms with Crippen LogP contribution >= 0.6 is 23.2 Å². The first-order valence-corrected chi connectivity index (χ1v) is 7.66. The van der Waals surface area contributed by atoms with Gasteiger partial charge < -0.3 is 5.32 Å². The first-order valence-electron chi connectivity index (χ1n) is 6.90. The Balaban J connectivity index is 1.92. The molecule has 0 aliphatic carbocycles. The molecule has 1 heterocycles. The fourth-order valence-electron chi connectivity index (χ4n) is 2.95. The number of carbonyl (C=O) groups is 1. The average Bonchev–Trinajstić information content (AvgIpc) is 2.24. The van der Waals surface area contributed by atoms with Gasteiger partial charge in [-0.15, -0.1) is 0 Å². The number of rotatable bonds is 3. The Morgan fingerprint density at radius 2 is 1.75 bits per heavy atom. The standard InChI is InChI=1S/C15H20Cl2N2O/c1-10-3-11(2)8-19(7-10)9-15(20)18-14-5-12(16)4-13(17)6-14/h4-6,10-11H,3,7-9H2,1-2H3,(H,18,20). The van der Waals surface area contributed by atoms with E-state index in [1.165, 1.54) is 6.42 Å². The molecule has 0 spiro atoms. The molecule has 0 saturated carbocycles. The zero-order chi connectivity index (χ0) is 14.7. The van der Waals surface area contributed by atoms with E-state index < -0.39 is 0 Å². The molecule has 1 N–H and O–H groups in total. The van der Waals surface area contributed by atoms with Crippen LogP contribution in [0.1, 0.15) is 20.3 Å². The predicted molar refractivity (Wildman–Crippen MR) is 84.5 cm³/mol. The summed E-state index contributed by atoms with van der Waals surface area (Å²) in [6.07, 6.45) is 1.24. The lowest BCUT2D eigenvalue weighted by atomic mass is 9.92. The summed E-state index contributed by atoms with van der Waals surface area (Å²) in [5.41, 5.74) is 0.644. The third kappa shape index (κ3) is 4.65. The van der Waals surface area contributed by atoms with E-state index in [1.54, 1.807) is 18.2 Å². The highest BCUT2D eigenvalue weighted by Crippen LogP contribution is 2.23. The molecule has 5 heteroatoms. The number of halogens is 2. The fraction of sp³-hybridized carbons (Fsp3) is 0.533. The maximum absolute atomic E-state index is 12.1. The van der Waals surface area contributed by atoms with Crippen molar-refractivity contribution in [1.29, 1.82) is 0 Å². The van der Waals surface area contributed by atoms with Crippen molar-refractivity contribution in [1.82, 2.24) is 4.90 Å². The molecule has 20 heavy (non-hydrogen) atoms. The van der Waals surface area contributed by atoms with E-state index >= 15 is 0 Å². The van der Waals surface area contributed by atoms with Crippen molar-refractivity contribution in [2.45, 2.75) is 20.3 Å². The van der Waals surface area contributed by atoms with Gasteiger partial charge in [0.2, 0.25) is 5.91 Å². The van der Waals surface area contributed by atoms with E-state index in [9.17, 15) is 4.79 Å². The van der Waals surface area contributed by atoms with Gasteiger partial charge in [-0.05, 0) is 36.5 Å². The third-order valence-corrected chi connectivity index (χ3v) is 3.89. The SMILES string of the molecule is CC1CC(C)CN(CC(=O)Nc2cc(Cl)cc(Cl)c2)C1. The summed E-state index contributed by atoms with van der Waals surface area (Å²) >= 11 is 11.8. The molecular formula is C15H20Cl2N2O. The Labute approximate surface area is 130 Å². The quantitative estimate of drug-likeness (QED) is 0.917. The molecule has 3 nitrogen and oxygen atoms in total. The van der Waals surface area contributed by atoms with E-state index in [0.717, 1.165) is 13.1 Å². The number of piperidine rings is 1. The van der Waals surface area contributed by atoms with Gasteiger partial charge in [-0.1, -0.05) is 37.0 Å². The van der Waals surface area contributed by atoms with Crippen molar-refractivity contribution in [3.05, 3.63) is 28.2 Å². The summed E-state index contributed by atoms with van der Waals surface area (Å²) in [6, 6.07) is 5.05. The molecule has 2 rings (SSSR count). The Bertz CT molecular complexity index is 463. The lowest BCUT2D eigenvalue weighted by molar-refractivity contribution is -0.117. The van der Waals surface area contributed by atoms with E-state index in [0.29, 0.717) is 34.1 Å². The van der Waals surface area contributed by atoms with Crippen LogP contribution in [0.3, 0.4) is 0 Å². The molecule has 1 saturated heterocycles. The number of amides is 1. The zero-order valence-electron chi connectivity index (χ0n) is 11.8. The smallest absolute Gasteiger partial charge is 0.238 e. The monoisotopic (exact) mass is 314 g/mol. The van der Waals surface area contributed by atoms with Gasteiger partial charge in [0.05, 0.1) is 6.54 Å². The van der Waals surface area contributed by atoms with Crippen LogP contribution in [0.25, 0.3) is 0 Å². The molecule has 1 fully saturated rings. The molecule has 0 aromatic heterocycles. The summed E-state index contributed by atoms with van der Waals surface area (Å²) in [5, 5.41) is 3.89. The Morgan fingerprint density at radius 1 is 1.20 bits per heavy atom. The number of anilines is 1. The molecule has 1 aliphatic rings. The van der Waals surface area contributed by atoms with Crippen molar-refractivity contribution in [3.8, 4) is 0 Å². The Kier molecular flexibility index (Phi) is 5.30. The lowest BCUT2D eigenvalue weighted by Gasteiger charge is -2.34. The largest absolute Gasteiger partial charge is 0.325 e. The molecule has 110 valence electrons. The minimum absolute atomic E-state index is 0.0235. The van der Waals surface area contributed by atoms with Crippen molar-refractivity contribution in [2.75, 3.05) is 25.0 Å². The highest BCUT2D eigenvalue weighted by Gasteiger charge is 2.23. The van der Waals surface area contributed by atoms with E-state index in [2.05, 4.69) is 24.1 Å². The average molecular weight is 315 g/mol. The van der Waals surface area contributed by atoms with Gasteiger partial charge in [-0.25, -0.2) is 0 Å². The van der Waals surface area contributed by atoms with Gasteiger partial charge >= 0.3 is 0 Å². The number of nitrogens with one attached hydrogen (secondary N) is 1. The Hall–Kier alpha value is -0.770. The van der Waals surface area contributed by atoms with E-state index in [1.807, 2.05) is 0 Å². The predicted octanol–water partition coefficient (Wildman–Crippen LogP) is 3.91. The second-order valence-electron chi connectivity index (χ2n) is 5.85. The summed E-state index contributed by atoms with van der Waals surface area (Å²) in [6.45, 7) is 6.84. The minimum atomic E-state index is -0.0235. The van der Waals surface area contributed by atoms with Crippen LogP contribution in [0.5, 0.6) is 0 Å². The molecule has 1 amide bonds. The maximum Gasteiger partial charge on any atom is 0.238 e. The van der Waals surface area contributed by atoms with Gasteiger partial charge in [-0.3, -0.25) is 9.69 Å². The molecule has 1 aromatic rings. The van der Waals surface area contributed by atoms with Crippen LogP contribution < -0.4 is 5.32 Å². The number of carbonyl (C=O) groups excluding carboxylic acids is 1. The first kappa shape index (κ1) is 15.6. The molecule has 1 aromatic carbocycles. The second kappa shape index (κ2) is 6.79. The van der Waals surface area contributed by atoms with Crippen molar-refractivity contribution >= 4 is 34.8 Å². The molecule has 2 atom stereocenters. The van der Waals surface area contributed by atoms with Crippen LogP contribution in [0.4, 0.5) is 5.69 Å². The lowest BCUT2D eigenvalue weighted by Crippen LogP contribution is -2.42. The number of hydrogen-bond acceptors (Lipinski definition) is 2. The summed E-state index contributed by atoms with van der Waals surface area (Å²) in [5.74, 6) is 1.27. The second-order valence-corrected chi connectivity index (χ2v) is 6.72. The van der Waals surface area contributed by atoms with Gasteiger partial charge in [-0.2, -0.15) is 0 Å². The summed E-state index contributed by atoms with van der Waals surface area (Å²) < 4.78 is 0. The van der Waals surface area contributed by atoms with Gasteiger partial charge in [0.15, 0.2) is 0 Å². The molecule has 0 bridgehead atoms. The fourth-order valence-corrected chi connectivity index (χ4v) is 3.48. The number of likely N-dealkylation sites (tertiary alicyclic amines) is 1. The minimum Gasteiger partial charge on any atom is -0.325 e. The van der Waals surface area contributed by atoms with Crippen LogP contribution in [0, 0.1) is 11.8 Å². The highest BCUT2D eigenvalue weighted by atomic mass is 35.5. The summed E-state index contributed by atoms with van der Waals surface area (Å²) in [7, 11) is 0. The van der Waals surface area contributed by atoms with Crippen LogP contribution in [-0.2, 0) is 4.79 Å². The molecular weight excluding hydrogens is 295 g/mol. The number of hydrogen-bond donors (Lipinski definition) is 1. The highest BCUT2D eigenvalue weighted by molar-refractivity contribution is 6.35. The summed E-state index contributed by atoms with van der Waals surface area (Å²) in [4.78, 5) is 14.3. The number of nitrogens with zero attached hydrogens (tertiary/aromatic N) is 1. The van der Waals surface area contributed by atoms with Crippen LogP contribution in [-0.4, -0.2) is 30.4 Å². The molecule has 2 unspecified atom stereocenters. The maximum atomic E-state index is 12.1. The molecule has 0 radical (unpaired) electrons. The van der Waals surface area contributed by atoms with Crippen LogP contribution in [0.2, 0.25) is 10.0 Å². The Morgan fingerprint density at radius 3 is 2.30 bits per heavy atom. The van der Waals surface area contributed by atoms with E-state index in [-0.39, 0.29) is 5.91 Å². The zero-order valence-corrected chi connectivity index (χ0v) is 13.3. The van der Waals surface area contributed by atoms with Crippen molar-refractivity contribution in [3.63, 3.8) is 0 Å². The first-order chi connectivity index (χ1) is 9.42. The van der Waals surface area contributed by atoms with E-state index in [4.69, 9.17) is 23.2 Å². The molecule has 1 aliphatic heterocycles.